The van der Waals surface area contributed by atoms with Crippen LogP contribution in [-0.4, -0.2) is 43.7 Å². The van der Waals surface area contributed by atoms with Gasteiger partial charge in [-0.05, 0) is 6.42 Å². The maximum Gasteiger partial charge on any atom is 0.443 e. The third-order valence-electron chi connectivity index (χ3n) is 2.83. The van der Waals surface area contributed by atoms with Gasteiger partial charge in [0, 0.05) is 31.1 Å². The number of rotatable bonds is 4. The van der Waals surface area contributed by atoms with Crippen LogP contribution in [0.4, 0.5) is 13.2 Å². The average Bonchev–Trinajstić information content (AvgIpc) is 2.85. The number of sulfonamides is 1. The number of likely N-dealkylation sites (tertiary alicyclic amines) is 1. The van der Waals surface area contributed by atoms with Crippen LogP contribution in [0.5, 0.6) is 0 Å². The Morgan fingerprint density at radius 1 is 1.55 bits per heavy atom. The van der Waals surface area contributed by atoms with Crippen molar-refractivity contribution < 1.29 is 21.6 Å². The van der Waals surface area contributed by atoms with E-state index in [0.29, 0.717) is 43.1 Å². The van der Waals surface area contributed by atoms with E-state index in [1.165, 1.54) is 5.38 Å². The van der Waals surface area contributed by atoms with Crippen LogP contribution in [0, 0.1) is 0 Å². The van der Waals surface area contributed by atoms with Crippen LogP contribution in [0.3, 0.4) is 0 Å². The van der Waals surface area contributed by atoms with E-state index in [1.807, 2.05) is 4.90 Å². The summed E-state index contributed by atoms with van der Waals surface area (Å²) in [5, 5.41) is 0.540. The topological polar surface area (TPSA) is 62.3 Å². The summed E-state index contributed by atoms with van der Waals surface area (Å²) in [5.41, 5.74) is 0.363. The molecule has 0 bridgehead atoms. The van der Waals surface area contributed by atoms with Crippen LogP contribution >= 0.6 is 11.3 Å². The van der Waals surface area contributed by atoms with Crippen molar-refractivity contribution in [2.45, 2.75) is 25.2 Å². The van der Waals surface area contributed by atoms with Crippen molar-refractivity contribution in [1.82, 2.24) is 14.6 Å². The molecule has 0 saturated carbocycles. The first-order chi connectivity index (χ1) is 9.13. The van der Waals surface area contributed by atoms with Crippen LogP contribution in [0.1, 0.15) is 17.1 Å². The molecule has 1 atom stereocenters. The van der Waals surface area contributed by atoms with E-state index in [2.05, 4.69) is 9.71 Å². The summed E-state index contributed by atoms with van der Waals surface area (Å²) in [6, 6.07) is -0.189. The van der Waals surface area contributed by atoms with E-state index >= 15 is 0 Å². The molecule has 1 aromatic heterocycles. The predicted molar refractivity (Wildman–Crippen MR) is 68.8 cm³/mol. The first-order valence-electron chi connectivity index (χ1n) is 5.85. The fraction of sp³-hybridized carbons (Fsp3) is 0.700. The number of nitrogens with zero attached hydrogens (tertiary/aromatic N) is 2. The van der Waals surface area contributed by atoms with Gasteiger partial charge < -0.3 is 0 Å². The number of hydrogen-bond acceptors (Lipinski definition) is 5. The molecule has 114 valence electrons. The smallest absolute Gasteiger partial charge is 0.296 e. The van der Waals surface area contributed by atoms with Crippen molar-refractivity contribution in [2.75, 3.05) is 19.3 Å². The summed E-state index contributed by atoms with van der Waals surface area (Å²) < 4.78 is 62.0. The van der Waals surface area contributed by atoms with Crippen LogP contribution in [0.15, 0.2) is 5.38 Å². The van der Waals surface area contributed by atoms with Crippen molar-refractivity contribution in [3.63, 3.8) is 0 Å². The van der Waals surface area contributed by atoms with E-state index in [-0.39, 0.29) is 6.04 Å². The second kappa shape index (κ2) is 5.58. The number of halogens is 3. The molecule has 1 aliphatic rings. The van der Waals surface area contributed by atoms with E-state index < -0.39 is 21.2 Å². The molecule has 1 fully saturated rings. The average molecular weight is 329 g/mol. The Morgan fingerprint density at radius 3 is 2.80 bits per heavy atom. The fourth-order valence-electron chi connectivity index (χ4n) is 2.11. The standard InChI is InChI=1S/C10H14F3N3O2S2/c1-20(17,18)15-7-2-3-16(4-7)5-8-6-19-9(14-8)10(11,12)13/h6-7,15H,2-5H2,1H3. The summed E-state index contributed by atoms with van der Waals surface area (Å²) in [5.74, 6) is 0. The molecule has 1 N–H and O–H groups in total. The van der Waals surface area contributed by atoms with Crippen molar-refractivity contribution in [1.29, 1.82) is 0 Å². The van der Waals surface area contributed by atoms with E-state index in [0.717, 1.165) is 6.26 Å². The summed E-state index contributed by atoms with van der Waals surface area (Å²) >= 11 is 0.576. The number of hydrogen-bond donors (Lipinski definition) is 1. The molecule has 1 aromatic rings. The zero-order valence-corrected chi connectivity index (χ0v) is 12.3. The van der Waals surface area contributed by atoms with Gasteiger partial charge >= 0.3 is 6.18 Å². The van der Waals surface area contributed by atoms with Crippen LogP contribution < -0.4 is 4.72 Å². The number of aromatic nitrogens is 1. The van der Waals surface area contributed by atoms with Gasteiger partial charge in [0.05, 0.1) is 11.9 Å². The third kappa shape index (κ3) is 4.40. The monoisotopic (exact) mass is 329 g/mol. The van der Waals surface area contributed by atoms with Gasteiger partial charge in [-0.25, -0.2) is 18.1 Å². The lowest BCUT2D eigenvalue weighted by Gasteiger charge is -2.14. The lowest BCUT2D eigenvalue weighted by Crippen LogP contribution is -2.36. The molecule has 2 heterocycles. The lowest BCUT2D eigenvalue weighted by molar-refractivity contribution is -0.137. The number of nitrogens with one attached hydrogen (secondary N) is 1. The highest BCUT2D eigenvalue weighted by Crippen LogP contribution is 2.32. The first-order valence-corrected chi connectivity index (χ1v) is 8.62. The minimum atomic E-state index is -4.41. The normalized spacial score (nSPS) is 21.5. The zero-order valence-electron chi connectivity index (χ0n) is 10.6. The minimum Gasteiger partial charge on any atom is -0.296 e. The third-order valence-corrected chi connectivity index (χ3v) is 4.53. The predicted octanol–water partition coefficient (Wildman–Crippen LogP) is 1.29. The molecule has 0 spiro atoms. The quantitative estimate of drug-likeness (QED) is 0.904. The Morgan fingerprint density at radius 2 is 2.25 bits per heavy atom. The Hall–Kier alpha value is -0.710. The maximum atomic E-state index is 12.4. The fourth-order valence-corrected chi connectivity index (χ4v) is 3.59. The van der Waals surface area contributed by atoms with Crippen molar-refractivity contribution in [2.24, 2.45) is 0 Å². The second-order valence-electron chi connectivity index (χ2n) is 4.75. The van der Waals surface area contributed by atoms with Gasteiger partial charge in [0.25, 0.3) is 0 Å². The summed E-state index contributed by atoms with van der Waals surface area (Å²) in [6.45, 7) is 1.41. The SMILES string of the molecule is CS(=O)(=O)NC1CCN(Cc2csc(C(F)(F)F)n2)C1. The molecule has 0 aliphatic carbocycles. The molecule has 0 aromatic carbocycles. The van der Waals surface area contributed by atoms with Gasteiger partial charge in [0.2, 0.25) is 10.0 Å². The van der Waals surface area contributed by atoms with Gasteiger partial charge in [-0.15, -0.1) is 11.3 Å². The van der Waals surface area contributed by atoms with Gasteiger partial charge in [-0.3, -0.25) is 4.90 Å². The zero-order chi connectivity index (χ0) is 15.0. The Bertz CT molecular complexity index is 571. The molecule has 10 heteroatoms. The van der Waals surface area contributed by atoms with Gasteiger partial charge in [0.1, 0.15) is 0 Å². The molecule has 1 saturated heterocycles. The molecule has 1 unspecified atom stereocenters. The highest BCUT2D eigenvalue weighted by molar-refractivity contribution is 7.88. The van der Waals surface area contributed by atoms with Gasteiger partial charge in [-0.1, -0.05) is 0 Å². The molecule has 0 amide bonds. The Balaban J connectivity index is 1.91. The van der Waals surface area contributed by atoms with Crippen molar-refractivity contribution in [3.8, 4) is 0 Å². The van der Waals surface area contributed by atoms with Gasteiger partial charge in [-0.2, -0.15) is 13.2 Å². The largest absolute Gasteiger partial charge is 0.443 e. The van der Waals surface area contributed by atoms with Crippen LogP contribution in [0.2, 0.25) is 0 Å². The summed E-state index contributed by atoms with van der Waals surface area (Å²) in [7, 11) is -3.26. The molecule has 5 nitrogen and oxygen atoms in total. The minimum absolute atomic E-state index is 0.189. The highest BCUT2D eigenvalue weighted by Gasteiger charge is 2.35. The van der Waals surface area contributed by atoms with Gasteiger partial charge in [0.15, 0.2) is 5.01 Å². The Labute approximate surface area is 118 Å². The van der Waals surface area contributed by atoms with E-state index in [9.17, 15) is 21.6 Å². The van der Waals surface area contributed by atoms with Crippen LogP contribution in [0.25, 0.3) is 0 Å². The van der Waals surface area contributed by atoms with E-state index in [1.54, 1.807) is 0 Å². The van der Waals surface area contributed by atoms with Crippen molar-refractivity contribution in [3.05, 3.63) is 16.1 Å². The van der Waals surface area contributed by atoms with E-state index in [4.69, 9.17) is 0 Å². The second-order valence-corrected chi connectivity index (χ2v) is 7.39. The summed E-state index contributed by atoms with van der Waals surface area (Å²) in [4.78, 5) is 5.44. The van der Waals surface area contributed by atoms with Crippen LogP contribution in [-0.2, 0) is 22.7 Å². The molecule has 2 rings (SSSR count). The molecule has 0 radical (unpaired) electrons. The highest BCUT2D eigenvalue weighted by atomic mass is 32.2. The maximum absolute atomic E-state index is 12.4. The molecule has 20 heavy (non-hydrogen) atoms. The number of alkyl halides is 3. The lowest BCUT2D eigenvalue weighted by atomic mass is 10.3. The molecular formula is C10H14F3N3O2S2. The first kappa shape index (κ1) is 15.7. The molecule has 1 aliphatic heterocycles. The summed E-state index contributed by atoms with van der Waals surface area (Å²) in [6.07, 6.45) is -2.68. The molecular weight excluding hydrogens is 315 g/mol. The number of thiazole rings is 1. The van der Waals surface area contributed by atoms with Crippen molar-refractivity contribution >= 4 is 21.4 Å². The Kier molecular flexibility index (Phi) is 4.38.